The van der Waals surface area contributed by atoms with Gasteiger partial charge in [-0.1, -0.05) is 127 Å². The molecule has 8 aromatic carbocycles. The minimum Gasteiger partial charge on any atom is -0.310 e. The highest BCUT2D eigenvalue weighted by molar-refractivity contribution is 7.26. The zero-order chi connectivity index (χ0) is 33.0. The molecule has 2 heterocycles. The van der Waals surface area contributed by atoms with Crippen LogP contribution in [-0.2, 0) is 0 Å². The molecule has 50 heavy (non-hydrogen) atoms. The Balaban J connectivity index is 1.11. The quantitative estimate of drug-likeness (QED) is 0.172. The van der Waals surface area contributed by atoms with Gasteiger partial charge in [-0.2, -0.15) is 0 Å². The Hall–Kier alpha value is -6.29. The first kappa shape index (κ1) is 28.7. The molecule has 0 saturated heterocycles. The third-order valence-electron chi connectivity index (χ3n) is 9.91. The number of thiophene rings is 1. The fourth-order valence-corrected chi connectivity index (χ4v) is 8.67. The van der Waals surface area contributed by atoms with Crippen LogP contribution in [0.15, 0.2) is 182 Å². The molecule has 0 fully saturated rings. The van der Waals surface area contributed by atoms with Crippen LogP contribution in [0.2, 0.25) is 0 Å². The highest BCUT2D eigenvalue weighted by atomic mass is 32.1. The summed E-state index contributed by atoms with van der Waals surface area (Å²) in [5, 5.41) is 10.1. The molecule has 0 N–H and O–H groups in total. The number of pyridine rings is 1. The summed E-state index contributed by atoms with van der Waals surface area (Å²) < 4.78 is 1.27. The number of rotatable bonds is 5. The van der Waals surface area contributed by atoms with E-state index in [1.807, 2.05) is 12.3 Å². The molecule has 0 bridgehead atoms. The van der Waals surface area contributed by atoms with Gasteiger partial charge < -0.3 is 4.90 Å². The molecule has 2 nitrogen and oxygen atoms in total. The molecule has 3 heteroatoms. The van der Waals surface area contributed by atoms with Gasteiger partial charge in [0, 0.05) is 38.7 Å². The Morgan fingerprint density at radius 1 is 0.400 bits per heavy atom. The summed E-state index contributed by atoms with van der Waals surface area (Å²) in [4.78, 5) is 8.10. The summed E-state index contributed by atoms with van der Waals surface area (Å²) in [6, 6.07) is 63.9. The molecule has 0 radical (unpaired) electrons. The number of hydrogen-bond acceptors (Lipinski definition) is 3. The van der Waals surface area contributed by atoms with Crippen molar-refractivity contribution in [3.8, 4) is 22.3 Å². The van der Waals surface area contributed by atoms with E-state index in [0.717, 1.165) is 21.9 Å². The van der Waals surface area contributed by atoms with Gasteiger partial charge >= 0.3 is 0 Å². The Kier molecular flexibility index (Phi) is 6.71. The molecule has 0 aliphatic rings. The summed E-state index contributed by atoms with van der Waals surface area (Å²) in [5.74, 6) is 0. The molecular formula is C47H30N2S. The number of benzene rings is 8. The molecule has 0 spiro atoms. The first-order chi connectivity index (χ1) is 24.8. The Bertz CT molecular complexity index is 2850. The van der Waals surface area contributed by atoms with E-state index in [0.29, 0.717) is 0 Å². The van der Waals surface area contributed by atoms with Gasteiger partial charge in [0.25, 0.3) is 0 Å². The molecule has 2 aromatic heterocycles. The van der Waals surface area contributed by atoms with Crippen LogP contribution in [0.3, 0.4) is 0 Å². The monoisotopic (exact) mass is 654 g/mol. The maximum atomic E-state index is 4.65. The van der Waals surface area contributed by atoms with Crippen molar-refractivity contribution in [1.82, 2.24) is 4.98 Å². The second kappa shape index (κ2) is 11.7. The lowest BCUT2D eigenvalue weighted by Gasteiger charge is -2.26. The number of hydrogen-bond donors (Lipinski definition) is 0. The van der Waals surface area contributed by atoms with E-state index < -0.39 is 0 Å². The number of aromatic nitrogens is 1. The molecule has 0 aliphatic carbocycles. The van der Waals surface area contributed by atoms with E-state index in [9.17, 15) is 0 Å². The van der Waals surface area contributed by atoms with E-state index in [1.54, 1.807) is 11.3 Å². The predicted octanol–water partition coefficient (Wildman–Crippen LogP) is 13.7. The lowest BCUT2D eigenvalue weighted by atomic mass is 9.96. The SMILES string of the molecule is c1ccc(-c2ccc(N(c3ccc(-c4cccc5c4sc4ncccc45)cc3)c3ccc4c(ccc5ccc6ccccc6c54)c3)cc2)cc1. The highest BCUT2D eigenvalue weighted by Crippen LogP contribution is 2.42. The Morgan fingerprint density at radius 2 is 1.02 bits per heavy atom. The maximum Gasteiger partial charge on any atom is 0.124 e. The molecule has 0 amide bonds. The van der Waals surface area contributed by atoms with Gasteiger partial charge in [-0.3, -0.25) is 0 Å². The van der Waals surface area contributed by atoms with Crippen molar-refractivity contribution in [2.45, 2.75) is 0 Å². The molecular weight excluding hydrogens is 625 g/mol. The third kappa shape index (κ3) is 4.74. The van der Waals surface area contributed by atoms with Crippen LogP contribution in [0, 0.1) is 0 Å². The number of anilines is 3. The van der Waals surface area contributed by atoms with Crippen molar-refractivity contribution in [2.24, 2.45) is 0 Å². The predicted molar refractivity (Wildman–Crippen MR) is 215 cm³/mol. The van der Waals surface area contributed by atoms with Crippen molar-refractivity contribution in [2.75, 3.05) is 4.90 Å². The Morgan fingerprint density at radius 3 is 1.84 bits per heavy atom. The molecule has 0 aliphatic heterocycles. The topological polar surface area (TPSA) is 16.1 Å². The van der Waals surface area contributed by atoms with E-state index in [2.05, 4.69) is 180 Å². The van der Waals surface area contributed by atoms with Crippen molar-refractivity contribution >= 4 is 81.0 Å². The van der Waals surface area contributed by atoms with Gasteiger partial charge in [-0.15, -0.1) is 11.3 Å². The van der Waals surface area contributed by atoms with Gasteiger partial charge in [-0.25, -0.2) is 4.98 Å². The van der Waals surface area contributed by atoms with E-state index in [4.69, 9.17) is 0 Å². The normalized spacial score (nSPS) is 11.6. The smallest absolute Gasteiger partial charge is 0.124 e. The van der Waals surface area contributed by atoms with Gasteiger partial charge in [0.2, 0.25) is 0 Å². The van der Waals surface area contributed by atoms with Crippen LogP contribution in [0.5, 0.6) is 0 Å². The van der Waals surface area contributed by atoms with Crippen molar-refractivity contribution in [3.05, 3.63) is 182 Å². The first-order valence-corrected chi connectivity index (χ1v) is 17.8. The molecule has 0 atom stereocenters. The average molecular weight is 655 g/mol. The summed E-state index contributed by atoms with van der Waals surface area (Å²) in [5.41, 5.74) is 8.19. The van der Waals surface area contributed by atoms with Crippen LogP contribution < -0.4 is 4.90 Å². The summed E-state index contributed by atoms with van der Waals surface area (Å²) >= 11 is 1.77. The van der Waals surface area contributed by atoms with E-state index in [-0.39, 0.29) is 0 Å². The van der Waals surface area contributed by atoms with Gasteiger partial charge in [0.15, 0.2) is 0 Å². The second-order valence-corrected chi connectivity index (χ2v) is 13.8. The van der Waals surface area contributed by atoms with Crippen molar-refractivity contribution < 1.29 is 0 Å². The summed E-state index contributed by atoms with van der Waals surface area (Å²) in [6.07, 6.45) is 1.88. The summed E-state index contributed by atoms with van der Waals surface area (Å²) in [7, 11) is 0. The third-order valence-corrected chi connectivity index (χ3v) is 11.1. The molecule has 10 rings (SSSR count). The molecule has 10 aromatic rings. The average Bonchev–Trinajstić information content (AvgIpc) is 3.58. The van der Waals surface area contributed by atoms with Crippen molar-refractivity contribution in [3.63, 3.8) is 0 Å². The van der Waals surface area contributed by atoms with Crippen LogP contribution in [-0.4, -0.2) is 4.98 Å². The summed E-state index contributed by atoms with van der Waals surface area (Å²) in [6.45, 7) is 0. The zero-order valence-corrected chi connectivity index (χ0v) is 27.9. The maximum absolute atomic E-state index is 4.65. The minimum absolute atomic E-state index is 1.08. The first-order valence-electron chi connectivity index (χ1n) is 17.0. The zero-order valence-electron chi connectivity index (χ0n) is 27.1. The van der Waals surface area contributed by atoms with Crippen LogP contribution in [0.4, 0.5) is 17.1 Å². The number of fused-ring (bicyclic) bond motifs is 8. The van der Waals surface area contributed by atoms with Gasteiger partial charge in [0.05, 0.1) is 0 Å². The second-order valence-electron chi connectivity index (χ2n) is 12.8. The van der Waals surface area contributed by atoms with E-state index in [1.165, 1.54) is 70.0 Å². The Labute approximate surface area is 294 Å². The van der Waals surface area contributed by atoms with Crippen LogP contribution in [0.1, 0.15) is 0 Å². The standard InChI is InChI=1S/C47H30N2S/c1-2-8-31(9-3-1)32-19-23-37(24-20-32)49(39-27-28-41-36(30-39)18-17-35-16-15-33-10-4-5-11-40(33)45(35)41)38-25-21-34(22-26-38)42-12-6-13-43-44-14-7-29-48-47(44)50-46(42)43/h1-30H. The van der Waals surface area contributed by atoms with Crippen molar-refractivity contribution in [1.29, 1.82) is 0 Å². The fraction of sp³-hybridized carbons (Fsp3) is 0. The largest absolute Gasteiger partial charge is 0.310 e. The lowest BCUT2D eigenvalue weighted by Crippen LogP contribution is -2.09. The van der Waals surface area contributed by atoms with Gasteiger partial charge in [-0.05, 0) is 103 Å². The fourth-order valence-electron chi connectivity index (χ4n) is 7.49. The molecule has 234 valence electrons. The van der Waals surface area contributed by atoms with Gasteiger partial charge in [0.1, 0.15) is 4.83 Å². The molecule has 0 saturated carbocycles. The van der Waals surface area contributed by atoms with E-state index >= 15 is 0 Å². The van der Waals surface area contributed by atoms with Crippen LogP contribution >= 0.6 is 11.3 Å². The lowest BCUT2D eigenvalue weighted by molar-refractivity contribution is 1.29. The minimum atomic E-state index is 1.08. The van der Waals surface area contributed by atoms with Crippen LogP contribution in [0.25, 0.3) is 74.9 Å². The molecule has 0 unspecified atom stereocenters. The number of nitrogens with zero attached hydrogens (tertiary/aromatic N) is 2. The highest BCUT2D eigenvalue weighted by Gasteiger charge is 2.16.